The molecular formula is C71H123NO8. The summed E-state index contributed by atoms with van der Waals surface area (Å²) in [6.07, 6.45) is 79.9. The third-order valence-electron chi connectivity index (χ3n) is 15.1. The summed E-state index contributed by atoms with van der Waals surface area (Å²) < 4.78 is 11.3. The van der Waals surface area contributed by atoms with Crippen LogP contribution >= 0.6 is 0 Å². The number of rotatable bonds is 56. The van der Waals surface area contributed by atoms with Gasteiger partial charge in [0.25, 0.3) is 0 Å². The molecule has 0 aromatic rings. The fraction of sp³-hybridized carbons (Fsp3) is 0.732. The summed E-state index contributed by atoms with van der Waals surface area (Å²) in [7, 11) is 0. The third kappa shape index (κ3) is 47.4. The van der Waals surface area contributed by atoms with Gasteiger partial charge in [0, 0.05) is 6.42 Å². The first kappa shape index (κ1) is 74.9. The molecule has 1 saturated heterocycles. The lowest BCUT2D eigenvalue weighted by Crippen LogP contribution is -2.60. The number of ether oxygens (including phenoxy) is 2. The molecule has 0 aromatic heterocycles. The van der Waals surface area contributed by atoms with E-state index in [1.807, 2.05) is 0 Å². The average molecular weight is 1120 g/mol. The van der Waals surface area contributed by atoms with Gasteiger partial charge in [-0.2, -0.15) is 0 Å². The van der Waals surface area contributed by atoms with Gasteiger partial charge in [0.1, 0.15) is 24.4 Å². The fourth-order valence-electron chi connectivity index (χ4n) is 9.98. The maximum absolute atomic E-state index is 13.1. The molecule has 1 fully saturated rings. The number of carbonyl (C=O) groups is 1. The Labute approximate surface area is 491 Å². The highest BCUT2D eigenvalue weighted by atomic mass is 16.7. The molecule has 9 nitrogen and oxygen atoms in total. The number of aliphatic hydroxyl groups excluding tert-OH is 5. The number of hydrogen-bond acceptors (Lipinski definition) is 8. The van der Waals surface area contributed by atoms with Crippen LogP contribution in [0.1, 0.15) is 277 Å². The van der Waals surface area contributed by atoms with Crippen LogP contribution in [0.5, 0.6) is 0 Å². The van der Waals surface area contributed by atoms with Crippen LogP contribution in [0.2, 0.25) is 0 Å². The Kier molecular flexibility index (Phi) is 55.2. The van der Waals surface area contributed by atoms with Crippen LogP contribution < -0.4 is 5.32 Å². The van der Waals surface area contributed by atoms with Crippen molar-refractivity contribution in [1.82, 2.24) is 5.32 Å². The van der Waals surface area contributed by atoms with Crippen molar-refractivity contribution in [3.8, 4) is 0 Å². The van der Waals surface area contributed by atoms with Crippen LogP contribution in [-0.4, -0.2) is 87.5 Å². The Balaban J connectivity index is 2.21. The molecule has 1 amide bonds. The number of allylic oxidation sites excluding steroid dienone is 18. The zero-order valence-electron chi connectivity index (χ0n) is 51.3. The van der Waals surface area contributed by atoms with Gasteiger partial charge in [-0.25, -0.2) is 0 Å². The van der Waals surface area contributed by atoms with Crippen LogP contribution in [0.3, 0.4) is 0 Å². The molecule has 0 aromatic carbocycles. The summed E-state index contributed by atoms with van der Waals surface area (Å²) in [4.78, 5) is 13.1. The Morgan fingerprint density at radius 1 is 0.438 bits per heavy atom. The predicted molar refractivity (Wildman–Crippen MR) is 341 cm³/mol. The second kappa shape index (κ2) is 59.0. The summed E-state index contributed by atoms with van der Waals surface area (Å²) in [6, 6.07) is -0.747. The lowest BCUT2D eigenvalue weighted by Gasteiger charge is -2.40. The van der Waals surface area contributed by atoms with E-state index in [9.17, 15) is 30.3 Å². The molecule has 6 N–H and O–H groups in total. The first-order chi connectivity index (χ1) is 39.3. The quantitative estimate of drug-likeness (QED) is 0.0261. The first-order valence-corrected chi connectivity index (χ1v) is 33.1. The lowest BCUT2D eigenvalue weighted by atomic mass is 9.99. The Hall–Kier alpha value is -3.15. The molecule has 460 valence electrons. The molecule has 0 bridgehead atoms. The number of nitrogens with one attached hydrogen (secondary N) is 1. The van der Waals surface area contributed by atoms with Gasteiger partial charge < -0.3 is 40.3 Å². The SMILES string of the molecule is CC/C=C\C/C=C\C/C=C\C/C=C\C/C=C\C/C=C\C/C=C\C/C=C\C/C=C\CCCCCC(=O)NC(COC1OC(CO)C(O)C(O)C1O)C(O)CCCCCCCCCCCCCCCCCCCCCCCCCCCC. The molecule has 0 radical (unpaired) electrons. The van der Waals surface area contributed by atoms with Crippen molar-refractivity contribution in [1.29, 1.82) is 0 Å². The van der Waals surface area contributed by atoms with Crippen molar-refractivity contribution in [2.45, 2.75) is 320 Å². The van der Waals surface area contributed by atoms with Crippen molar-refractivity contribution < 1.29 is 39.8 Å². The molecule has 7 atom stereocenters. The van der Waals surface area contributed by atoms with Gasteiger partial charge in [0.2, 0.25) is 5.91 Å². The van der Waals surface area contributed by atoms with E-state index in [-0.39, 0.29) is 12.5 Å². The lowest BCUT2D eigenvalue weighted by molar-refractivity contribution is -0.302. The highest BCUT2D eigenvalue weighted by Crippen LogP contribution is 2.23. The van der Waals surface area contributed by atoms with E-state index in [2.05, 4.69) is 129 Å². The van der Waals surface area contributed by atoms with Crippen molar-refractivity contribution in [3.05, 3.63) is 109 Å². The normalized spacial score (nSPS) is 19.2. The molecule has 9 heteroatoms. The van der Waals surface area contributed by atoms with Gasteiger partial charge in [-0.1, -0.05) is 297 Å². The maximum Gasteiger partial charge on any atom is 0.220 e. The molecule has 1 aliphatic rings. The molecular weight excluding hydrogens is 995 g/mol. The predicted octanol–water partition coefficient (Wildman–Crippen LogP) is 17.7. The van der Waals surface area contributed by atoms with Crippen LogP contribution in [0.25, 0.3) is 0 Å². The summed E-state index contributed by atoms with van der Waals surface area (Å²) >= 11 is 0. The van der Waals surface area contributed by atoms with E-state index >= 15 is 0 Å². The standard InChI is InChI=1S/C71H123NO8/c1-3-5-7-9-11-13-15-17-19-21-23-25-27-29-31-32-33-34-35-37-39-41-43-45-47-49-51-53-55-57-59-61-67(75)72-64(63-79-71-70(78)69(77)68(76)66(62-73)80-71)65(74)60-58-56-54-52-50-48-46-44-42-40-38-36-30-28-26-24-22-20-18-16-14-12-10-8-6-4-2/h5,7,11,13,17,19,23,25,29,31,33-34,37,39,43,45,49,51,64-66,68-71,73-74,76-78H,3-4,6,8-10,12,14-16,18,20-22,24,26-28,30,32,35-36,38,40-42,44,46-48,50,52-63H2,1-2H3,(H,72,75)/b7-5-,13-11-,19-17-,25-23-,31-29-,34-33-,39-37-,45-43-,51-49-. The third-order valence-corrected chi connectivity index (χ3v) is 15.1. The van der Waals surface area contributed by atoms with Gasteiger partial charge in [-0.3, -0.25) is 4.79 Å². The van der Waals surface area contributed by atoms with Crippen molar-refractivity contribution in [2.75, 3.05) is 13.2 Å². The van der Waals surface area contributed by atoms with Crippen LogP contribution in [0.15, 0.2) is 109 Å². The van der Waals surface area contributed by atoms with E-state index in [0.717, 1.165) is 103 Å². The number of aliphatic hydroxyl groups is 5. The molecule has 0 saturated carbocycles. The van der Waals surface area contributed by atoms with Crippen molar-refractivity contribution >= 4 is 5.91 Å². The second-order valence-electron chi connectivity index (χ2n) is 22.5. The van der Waals surface area contributed by atoms with Crippen LogP contribution in [0.4, 0.5) is 0 Å². The highest BCUT2D eigenvalue weighted by molar-refractivity contribution is 5.76. The van der Waals surface area contributed by atoms with Crippen LogP contribution in [0, 0.1) is 0 Å². The zero-order chi connectivity index (χ0) is 57.9. The van der Waals surface area contributed by atoms with E-state index < -0.39 is 49.5 Å². The molecule has 0 spiro atoms. The number of amides is 1. The largest absolute Gasteiger partial charge is 0.394 e. The minimum absolute atomic E-state index is 0.158. The smallest absolute Gasteiger partial charge is 0.220 e. The van der Waals surface area contributed by atoms with Crippen LogP contribution in [-0.2, 0) is 14.3 Å². The fourth-order valence-corrected chi connectivity index (χ4v) is 9.98. The topological polar surface area (TPSA) is 149 Å². The molecule has 1 aliphatic heterocycles. The maximum atomic E-state index is 13.1. The summed E-state index contributed by atoms with van der Waals surface area (Å²) in [6.45, 7) is 3.73. The van der Waals surface area contributed by atoms with E-state index in [1.165, 1.54) is 148 Å². The summed E-state index contributed by atoms with van der Waals surface area (Å²) in [5.74, 6) is -0.177. The minimum Gasteiger partial charge on any atom is -0.394 e. The summed E-state index contributed by atoms with van der Waals surface area (Å²) in [5.41, 5.74) is 0. The Morgan fingerprint density at radius 3 is 1.14 bits per heavy atom. The molecule has 1 rings (SSSR count). The number of carbonyl (C=O) groups excluding carboxylic acids is 1. The second-order valence-corrected chi connectivity index (χ2v) is 22.5. The molecule has 1 heterocycles. The van der Waals surface area contributed by atoms with E-state index in [0.29, 0.717) is 12.8 Å². The van der Waals surface area contributed by atoms with E-state index in [1.54, 1.807) is 0 Å². The molecule has 80 heavy (non-hydrogen) atoms. The minimum atomic E-state index is -1.57. The molecule has 0 aliphatic carbocycles. The summed E-state index contributed by atoms with van der Waals surface area (Å²) in [5, 5.41) is 54.9. The highest BCUT2D eigenvalue weighted by Gasteiger charge is 2.44. The van der Waals surface area contributed by atoms with Gasteiger partial charge in [0.05, 0.1) is 25.4 Å². The zero-order valence-corrected chi connectivity index (χ0v) is 51.3. The number of hydrogen-bond donors (Lipinski definition) is 6. The monoisotopic (exact) mass is 1120 g/mol. The average Bonchev–Trinajstić information content (AvgIpc) is 3.46. The first-order valence-electron chi connectivity index (χ1n) is 33.1. The Morgan fingerprint density at radius 2 is 0.775 bits per heavy atom. The van der Waals surface area contributed by atoms with Crippen molar-refractivity contribution in [2.24, 2.45) is 0 Å². The van der Waals surface area contributed by atoms with Gasteiger partial charge in [-0.05, 0) is 83.5 Å². The molecule has 7 unspecified atom stereocenters. The van der Waals surface area contributed by atoms with Gasteiger partial charge in [-0.15, -0.1) is 0 Å². The Bertz CT molecular complexity index is 1630. The van der Waals surface area contributed by atoms with Gasteiger partial charge in [0.15, 0.2) is 6.29 Å². The van der Waals surface area contributed by atoms with Crippen molar-refractivity contribution in [3.63, 3.8) is 0 Å². The number of unbranched alkanes of at least 4 members (excludes halogenated alkanes) is 28. The van der Waals surface area contributed by atoms with Gasteiger partial charge >= 0.3 is 0 Å². The van der Waals surface area contributed by atoms with E-state index in [4.69, 9.17) is 9.47 Å².